The van der Waals surface area contributed by atoms with Crippen LogP contribution in [0.1, 0.15) is 97.3 Å². The molecule has 0 N–H and O–H groups in total. The van der Waals surface area contributed by atoms with Gasteiger partial charge in [-0.3, -0.25) is 0 Å². The van der Waals surface area contributed by atoms with Crippen molar-refractivity contribution in [2.45, 2.75) is 97.3 Å². The van der Waals surface area contributed by atoms with Crippen LogP contribution in [-0.4, -0.2) is 0 Å². The monoisotopic (exact) mass is 340 g/mol. The van der Waals surface area contributed by atoms with Gasteiger partial charge in [-0.2, -0.15) is 0 Å². The van der Waals surface area contributed by atoms with Gasteiger partial charge in [-0.15, -0.1) is 6.58 Å². The Labute approximate surface area is 157 Å². The predicted octanol–water partition coefficient (Wildman–Crippen LogP) is 7.40. The molecule has 0 radical (unpaired) electrons. The first kappa shape index (κ1) is 19.1. The van der Waals surface area contributed by atoms with Gasteiger partial charge in [0.15, 0.2) is 0 Å². The van der Waals surface area contributed by atoms with Crippen molar-refractivity contribution in [2.24, 2.45) is 35.5 Å². The smallest absolute Gasteiger partial charge is 0.0203 e. The summed E-state index contributed by atoms with van der Waals surface area (Å²) in [5, 5.41) is 0. The van der Waals surface area contributed by atoms with E-state index in [-0.39, 0.29) is 0 Å². The molecular weight excluding hydrogens is 300 g/mol. The highest BCUT2D eigenvalue weighted by Gasteiger charge is 2.30. The molecule has 0 heterocycles. The molecule has 0 saturated heterocycles. The van der Waals surface area contributed by atoms with E-state index in [1.54, 1.807) is 0 Å². The standard InChI is InChI=1S/C25H40/c1-19(2)18-23-12-16-25(17-13-23)24-14-10-22(11-15-24)9-8-21-6-4-20(3)5-7-21/h20-25H,1,4-7,10-18H2,2-3H3. The molecule has 3 aliphatic rings. The maximum atomic E-state index is 4.11. The van der Waals surface area contributed by atoms with Gasteiger partial charge < -0.3 is 0 Å². The van der Waals surface area contributed by atoms with E-state index in [2.05, 4.69) is 32.3 Å². The number of allylic oxidation sites excluding steroid dienone is 1. The first-order chi connectivity index (χ1) is 12.1. The van der Waals surface area contributed by atoms with E-state index in [4.69, 9.17) is 0 Å². The van der Waals surface area contributed by atoms with Gasteiger partial charge in [0.1, 0.15) is 0 Å². The summed E-state index contributed by atoms with van der Waals surface area (Å²) in [4.78, 5) is 0. The van der Waals surface area contributed by atoms with Gasteiger partial charge in [-0.05, 0) is 114 Å². The van der Waals surface area contributed by atoms with Crippen molar-refractivity contribution in [3.63, 3.8) is 0 Å². The van der Waals surface area contributed by atoms with Gasteiger partial charge in [-0.1, -0.05) is 24.3 Å². The van der Waals surface area contributed by atoms with Gasteiger partial charge in [-0.25, -0.2) is 0 Å². The summed E-state index contributed by atoms with van der Waals surface area (Å²) < 4.78 is 0. The maximum Gasteiger partial charge on any atom is 0.0203 e. The Bertz CT molecular complexity index is 466. The summed E-state index contributed by atoms with van der Waals surface area (Å²) in [6.45, 7) is 8.70. The van der Waals surface area contributed by atoms with E-state index in [0.717, 1.165) is 35.5 Å². The van der Waals surface area contributed by atoms with E-state index in [9.17, 15) is 0 Å². The SMILES string of the molecule is C=C(C)CC1CCC(C2CCC(C#CC3CCC(C)CC3)CC2)CC1. The van der Waals surface area contributed by atoms with Crippen molar-refractivity contribution >= 4 is 0 Å². The Morgan fingerprint density at radius 2 is 1.16 bits per heavy atom. The molecule has 3 rings (SSSR count). The van der Waals surface area contributed by atoms with E-state index >= 15 is 0 Å². The van der Waals surface area contributed by atoms with Gasteiger partial charge >= 0.3 is 0 Å². The fourth-order valence-corrected chi connectivity index (χ4v) is 5.73. The molecule has 3 aliphatic carbocycles. The molecule has 0 unspecified atom stereocenters. The molecule has 0 nitrogen and oxygen atoms in total. The summed E-state index contributed by atoms with van der Waals surface area (Å²) in [6, 6.07) is 0. The average molecular weight is 341 g/mol. The van der Waals surface area contributed by atoms with Crippen LogP contribution < -0.4 is 0 Å². The third-order valence-corrected chi connectivity index (χ3v) is 7.47. The quantitative estimate of drug-likeness (QED) is 0.371. The second-order valence-electron chi connectivity index (χ2n) is 9.80. The van der Waals surface area contributed by atoms with E-state index in [1.165, 1.54) is 89.0 Å². The van der Waals surface area contributed by atoms with Gasteiger partial charge in [0.25, 0.3) is 0 Å². The highest BCUT2D eigenvalue weighted by atomic mass is 14.4. The number of rotatable bonds is 3. The summed E-state index contributed by atoms with van der Waals surface area (Å²) in [5.41, 5.74) is 1.38. The van der Waals surface area contributed by atoms with Crippen LogP contribution in [0.4, 0.5) is 0 Å². The topological polar surface area (TPSA) is 0 Å². The second kappa shape index (κ2) is 9.30. The van der Waals surface area contributed by atoms with Crippen molar-refractivity contribution in [2.75, 3.05) is 0 Å². The Morgan fingerprint density at radius 1 is 0.720 bits per heavy atom. The Kier molecular flexibility index (Phi) is 7.09. The fourth-order valence-electron chi connectivity index (χ4n) is 5.73. The minimum atomic E-state index is 0.718. The van der Waals surface area contributed by atoms with E-state index < -0.39 is 0 Å². The third-order valence-electron chi connectivity index (χ3n) is 7.47. The van der Waals surface area contributed by atoms with Gasteiger partial charge in [0, 0.05) is 11.8 Å². The van der Waals surface area contributed by atoms with Crippen molar-refractivity contribution in [1.29, 1.82) is 0 Å². The zero-order chi connectivity index (χ0) is 17.6. The molecule has 3 fully saturated rings. The number of hydrogen-bond donors (Lipinski definition) is 0. The molecule has 3 saturated carbocycles. The lowest BCUT2D eigenvalue weighted by molar-refractivity contribution is 0.157. The van der Waals surface area contributed by atoms with Crippen LogP contribution in [0.3, 0.4) is 0 Å². The molecular formula is C25H40. The van der Waals surface area contributed by atoms with Crippen molar-refractivity contribution in [3.05, 3.63) is 12.2 Å². The van der Waals surface area contributed by atoms with Crippen LogP contribution in [0.15, 0.2) is 12.2 Å². The molecule has 0 atom stereocenters. The van der Waals surface area contributed by atoms with Crippen LogP contribution in [0, 0.1) is 47.3 Å². The highest BCUT2D eigenvalue weighted by Crippen LogP contribution is 2.42. The van der Waals surface area contributed by atoms with Crippen LogP contribution in [-0.2, 0) is 0 Å². The summed E-state index contributed by atoms with van der Waals surface area (Å²) in [7, 11) is 0. The van der Waals surface area contributed by atoms with Gasteiger partial charge in [0.05, 0.1) is 0 Å². The Hall–Kier alpha value is -0.700. The Morgan fingerprint density at radius 3 is 1.64 bits per heavy atom. The molecule has 0 amide bonds. The van der Waals surface area contributed by atoms with Crippen LogP contribution >= 0.6 is 0 Å². The van der Waals surface area contributed by atoms with E-state index in [1.807, 2.05) is 0 Å². The van der Waals surface area contributed by atoms with Crippen LogP contribution in [0.25, 0.3) is 0 Å². The molecule has 0 aliphatic heterocycles. The lowest BCUT2D eigenvalue weighted by Crippen LogP contribution is -2.25. The normalized spacial score (nSPS) is 39.3. The molecule has 0 heteroatoms. The molecule has 0 aromatic heterocycles. The van der Waals surface area contributed by atoms with E-state index in [0.29, 0.717) is 0 Å². The lowest BCUT2D eigenvalue weighted by Gasteiger charge is -2.37. The molecule has 0 aromatic carbocycles. The summed E-state index contributed by atoms with van der Waals surface area (Å²) in [6.07, 6.45) is 18.4. The molecule has 0 bridgehead atoms. The fraction of sp³-hybridized carbons (Fsp3) is 0.840. The zero-order valence-corrected chi connectivity index (χ0v) is 16.9. The van der Waals surface area contributed by atoms with Crippen LogP contribution in [0.5, 0.6) is 0 Å². The second-order valence-corrected chi connectivity index (χ2v) is 9.80. The molecule has 0 spiro atoms. The predicted molar refractivity (Wildman–Crippen MR) is 109 cm³/mol. The summed E-state index contributed by atoms with van der Waals surface area (Å²) in [5.74, 6) is 12.7. The van der Waals surface area contributed by atoms with Crippen molar-refractivity contribution in [1.82, 2.24) is 0 Å². The van der Waals surface area contributed by atoms with Crippen LogP contribution in [0.2, 0.25) is 0 Å². The molecule has 0 aromatic rings. The molecule has 25 heavy (non-hydrogen) atoms. The minimum Gasteiger partial charge on any atom is -0.100 e. The maximum absolute atomic E-state index is 4.11. The first-order valence-electron chi connectivity index (χ1n) is 11.3. The van der Waals surface area contributed by atoms with Gasteiger partial charge in [0.2, 0.25) is 0 Å². The largest absolute Gasteiger partial charge is 0.100 e. The highest BCUT2D eigenvalue weighted by molar-refractivity contribution is 5.09. The van der Waals surface area contributed by atoms with Crippen molar-refractivity contribution < 1.29 is 0 Å². The number of hydrogen-bond acceptors (Lipinski definition) is 0. The van der Waals surface area contributed by atoms with Crippen molar-refractivity contribution in [3.8, 4) is 11.8 Å². The molecule has 140 valence electrons. The lowest BCUT2D eigenvalue weighted by atomic mass is 9.68. The zero-order valence-electron chi connectivity index (χ0n) is 16.9. The Balaban J connectivity index is 1.37. The average Bonchev–Trinajstić information content (AvgIpc) is 2.62. The minimum absolute atomic E-state index is 0.718. The summed E-state index contributed by atoms with van der Waals surface area (Å²) >= 11 is 0. The first-order valence-corrected chi connectivity index (χ1v) is 11.3. The third kappa shape index (κ3) is 5.91.